The van der Waals surface area contributed by atoms with Crippen molar-refractivity contribution in [3.63, 3.8) is 0 Å². The van der Waals surface area contributed by atoms with E-state index in [1.807, 2.05) is 0 Å². The van der Waals surface area contributed by atoms with Gasteiger partial charge < -0.3 is 10.6 Å². The van der Waals surface area contributed by atoms with Crippen molar-refractivity contribution in [3.05, 3.63) is 33.8 Å². The van der Waals surface area contributed by atoms with Crippen molar-refractivity contribution < 1.29 is 4.84 Å². The fourth-order valence-corrected chi connectivity index (χ4v) is 1.64. The highest BCUT2D eigenvalue weighted by Crippen LogP contribution is 2.21. The molecule has 3 N–H and O–H groups in total. The van der Waals surface area contributed by atoms with Crippen LogP contribution >= 0.6 is 23.2 Å². The minimum absolute atomic E-state index is 0.0653. The van der Waals surface area contributed by atoms with Gasteiger partial charge in [-0.25, -0.2) is 5.43 Å². The highest BCUT2D eigenvalue weighted by molar-refractivity contribution is 6.38. The number of unbranched alkanes of at least 4 members (excludes halogenated alkanes) is 1. The van der Waals surface area contributed by atoms with Gasteiger partial charge in [0.25, 0.3) is 5.96 Å². The van der Waals surface area contributed by atoms with Crippen LogP contribution in [0.4, 0.5) is 0 Å². The van der Waals surface area contributed by atoms with Gasteiger partial charge in [-0.2, -0.15) is 5.10 Å². The van der Waals surface area contributed by atoms with E-state index in [0.717, 1.165) is 12.8 Å². The lowest BCUT2D eigenvalue weighted by atomic mass is 10.2. The summed E-state index contributed by atoms with van der Waals surface area (Å²) in [7, 11) is 0. The summed E-state index contributed by atoms with van der Waals surface area (Å²) in [5.74, 6) is 0.0653. The minimum Gasteiger partial charge on any atom is -0.393 e. The van der Waals surface area contributed by atoms with Crippen LogP contribution in [0.3, 0.4) is 0 Å². The molecule has 0 bridgehead atoms. The number of hydrogen-bond acceptors (Lipinski definition) is 3. The van der Waals surface area contributed by atoms with Crippen LogP contribution in [0.15, 0.2) is 28.5 Å². The molecule has 1 aromatic rings. The molecule has 0 aliphatic rings. The van der Waals surface area contributed by atoms with Crippen LogP contribution in [0.25, 0.3) is 0 Å². The van der Waals surface area contributed by atoms with Gasteiger partial charge in [0.15, 0.2) is 0 Å². The summed E-state index contributed by atoms with van der Waals surface area (Å²) in [4.78, 5) is 4.96. The molecule has 0 atom stereocenters. The van der Waals surface area contributed by atoms with E-state index in [-0.39, 0.29) is 5.96 Å². The largest absolute Gasteiger partial charge is 0.393 e. The smallest absolute Gasteiger partial charge is 0.251 e. The molecule has 0 heterocycles. The summed E-state index contributed by atoms with van der Waals surface area (Å²) in [6.07, 6.45) is 3.43. The third-order valence-corrected chi connectivity index (χ3v) is 2.78. The Hall–Kier alpha value is -1.46. The lowest BCUT2D eigenvalue weighted by Gasteiger charge is -2.02. The Bertz CT molecular complexity index is 443. The predicted octanol–water partition coefficient (Wildman–Crippen LogP) is 2.96. The van der Waals surface area contributed by atoms with Crippen LogP contribution in [0.5, 0.6) is 0 Å². The zero-order chi connectivity index (χ0) is 14.1. The summed E-state index contributed by atoms with van der Waals surface area (Å²) >= 11 is 11.9. The number of nitrogens with one attached hydrogen (secondary N) is 1. The van der Waals surface area contributed by atoms with E-state index in [1.165, 1.54) is 6.21 Å². The molecule has 0 spiro atoms. The maximum absolute atomic E-state index is 5.97. The molecule has 0 aliphatic carbocycles. The topological polar surface area (TPSA) is 72.0 Å². The first-order valence-corrected chi connectivity index (χ1v) is 6.59. The molecular formula is C12H16Cl2N4O. The Morgan fingerprint density at radius 3 is 2.74 bits per heavy atom. The number of nitrogens with zero attached hydrogens (tertiary/aromatic N) is 2. The van der Waals surface area contributed by atoms with E-state index in [4.69, 9.17) is 33.8 Å². The van der Waals surface area contributed by atoms with E-state index in [0.29, 0.717) is 22.2 Å². The number of hydrazone groups is 1. The van der Waals surface area contributed by atoms with Crippen LogP contribution in [0.2, 0.25) is 10.0 Å². The van der Waals surface area contributed by atoms with Crippen LogP contribution in [0.1, 0.15) is 25.3 Å². The first-order chi connectivity index (χ1) is 9.15. The normalized spacial score (nSPS) is 11.8. The van der Waals surface area contributed by atoms with Crippen molar-refractivity contribution in [1.29, 1.82) is 0 Å². The molecule has 19 heavy (non-hydrogen) atoms. The summed E-state index contributed by atoms with van der Waals surface area (Å²) in [5.41, 5.74) is 8.66. The third-order valence-electron chi connectivity index (χ3n) is 2.12. The van der Waals surface area contributed by atoms with E-state index in [1.54, 1.807) is 18.2 Å². The Kier molecular flexibility index (Phi) is 7.07. The molecule has 7 heteroatoms. The Morgan fingerprint density at radius 1 is 1.42 bits per heavy atom. The van der Waals surface area contributed by atoms with Gasteiger partial charge in [-0.05, 0) is 23.7 Å². The van der Waals surface area contributed by atoms with Crippen LogP contribution in [-0.2, 0) is 4.84 Å². The maximum atomic E-state index is 5.97. The Labute approximate surface area is 122 Å². The molecule has 0 saturated heterocycles. The van der Waals surface area contributed by atoms with Crippen LogP contribution < -0.4 is 11.2 Å². The van der Waals surface area contributed by atoms with Gasteiger partial charge in [-0.1, -0.05) is 42.6 Å². The van der Waals surface area contributed by atoms with Crippen molar-refractivity contribution in [2.45, 2.75) is 19.8 Å². The molecule has 0 radical (unpaired) electrons. The number of benzene rings is 1. The molecule has 0 saturated carbocycles. The van der Waals surface area contributed by atoms with Gasteiger partial charge >= 0.3 is 0 Å². The van der Waals surface area contributed by atoms with Gasteiger partial charge in [0, 0.05) is 5.56 Å². The first kappa shape index (κ1) is 15.6. The van der Waals surface area contributed by atoms with Crippen LogP contribution in [0, 0.1) is 0 Å². The fraction of sp³-hybridized carbons (Fsp3) is 0.333. The third kappa shape index (κ3) is 5.81. The van der Waals surface area contributed by atoms with Gasteiger partial charge in [0.2, 0.25) is 0 Å². The quantitative estimate of drug-likeness (QED) is 0.367. The van der Waals surface area contributed by atoms with Crippen molar-refractivity contribution in [1.82, 2.24) is 5.43 Å². The standard InChI is InChI=1S/C12H16Cl2N4O/c1-2-3-7-19-18-12(15)17-16-8-9-10(13)5-4-6-11(9)14/h4-6,8H,2-3,7H2,1H3,(H3,15,17,18)/b16-8+. The average molecular weight is 303 g/mol. The second-order valence-electron chi connectivity index (χ2n) is 3.67. The summed E-state index contributed by atoms with van der Waals surface area (Å²) in [5, 5.41) is 8.54. The maximum Gasteiger partial charge on any atom is 0.251 e. The van der Waals surface area contributed by atoms with Crippen molar-refractivity contribution in [2.24, 2.45) is 16.0 Å². The molecule has 0 fully saturated rings. The number of guanidine groups is 1. The number of hydrogen-bond donors (Lipinski definition) is 2. The average Bonchev–Trinajstić information content (AvgIpc) is 2.38. The molecule has 1 aromatic carbocycles. The van der Waals surface area contributed by atoms with Gasteiger partial charge in [-0.3, -0.25) is 0 Å². The summed E-state index contributed by atoms with van der Waals surface area (Å²) in [6.45, 7) is 2.59. The van der Waals surface area contributed by atoms with Crippen LogP contribution in [-0.4, -0.2) is 18.8 Å². The second kappa shape index (κ2) is 8.61. The van der Waals surface area contributed by atoms with E-state index in [2.05, 4.69) is 22.6 Å². The predicted molar refractivity (Wildman–Crippen MR) is 79.7 cm³/mol. The zero-order valence-corrected chi connectivity index (χ0v) is 12.1. The number of oxime groups is 1. The monoisotopic (exact) mass is 302 g/mol. The Morgan fingerprint density at radius 2 is 2.11 bits per heavy atom. The minimum atomic E-state index is 0.0653. The lowest BCUT2D eigenvalue weighted by Crippen LogP contribution is -2.27. The number of nitrogens with two attached hydrogens (primary N) is 1. The summed E-state index contributed by atoms with van der Waals surface area (Å²) < 4.78 is 0. The van der Waals surface area contributed by atoms with Crippen molar-refractivity contribution >= 4 is 35.4 Å². The molecule has 0 amide bonds. The van der Waals surface area contributed by atoms with E-state index >= 15 is 0 Å². The zero-order valence-electron chi connectivity index (χ0n) is 10.6. The van der Waals surface area contributed by atoms with E-state index in [9.17, 15) is 0 Å². The molecule has 0 aliphatic heterocycles. The summed E-state index contributed by atoms with van der Waals surface area (Å²) in [6, 6.07) is 5.20. The molecule has 0 unspecified atom stereocenters. The van der Waals surface area contributed by atoms with Crippen molar-refractivity contribution in [2.75, 3.05) is 6.61 Å². The lowest BCUT2D eigenvalue weighted by molar-refractivity contribution is 0.139. The molecular weight excluding hydrogens is 287 g/mol. The highest BCUT2D eigenvalue weighted by atomic mass is 35.5. The first-order valence-electron chi connectivity index (χ1n) is 5.83. The van der Waals surface area contributed by atoms with Gasteiger partial charge in [0.1, 0.15) is 6.61 Å². The van der Waals surface area contributed by atoms with Gasteiger partial charge in [0.05, 0.1) is 16.3 Å². The SMILES string of the molecule is CCCCO/N=C(\N)N/N=C/c1c(Cl)cccc1Cl. The van der Waals surface area contributed by atoms with E-state index < -0.39 is 0 Å². The second-order valence-corrected chi connectivity index (χ2v) is 4.48. The molecule has 104 valence electrons. The highest BCUT2D eigenvalue weighted by Gasteiger charge is 2.01. The van der Waals surface area contributed by atoms with Crippen molar-refractivity contribution in [3.8, 4) is 0 Å². The number of rotatable bonds is 6. The Balaban J connectivity index is 2.49. The van der Waals surface area contributed by atoms with Gasteiger partial charge in [-0.15, -0.1) is 0 Å². The fourth-order valence-electron chi connectivity index (χ4n) is 1.14. The molecule has 5 nitrogen and oxygen atoms in total. The molecule has 0 aromatic heterocycles. The number of halogens is 2. The molecule has 1 rings (SSSR count).